The molecule has 0 amide bonds. The van der Waals surface area contributed by atoms with Crippen LogP contribution in [0.25, 0.3) is 0 Å². The molecule has 0 radical (unpaired) electrons. The first-order valence-electron chi connectivity index (χ1n) is 4.28. The van der Waals surface area contributed by atoms with Crippen LogP contribution in [-0.2, 0) is 4.74 Å². The molecule has 0 saturated heterocycles. The lowest BCUT2D eigenvalue weighted by molar-refractivity contribution is 0.0513. The maximum Gasteiger partial charge on any atom is 0.339 e. The van der Waals surface area contributed by atoms with E-state index in [1.54, 1.807) is 6.92 Å². The minimum Gasteiger partial charge on any atom is -0.462 e. The van der Waals surface area contributed by atoms with Gasteiger partial charge in [-0.1, -0.05) is 0 Å². The smallest absolute Gasteiger partial charge is 0.339 e. The molecule has 0 aliphatic heterocycles. The van der Waals surface area contributed by atoms with E-state index in [0.717, 1.165) is 6.20 Å². The predicted octanol–water partition coefficient (Wildman–Crippen LogP) is 3.41. The summed E-state index contributed by atoms with van der Waals surface area (Å²) >= 11 is 3.70. The first kappa shape index (κ1) is 14.0. The van der Waals surface area contributed by atoms with Crippen LogP contribution < -0.4 is 0 Å². The monoisotopic (exact) mass is 453 g/mol. The lowest BCUT2D eigenvalue weighted by Gasteiger charge is -2.10. The summed E-state index contributed by atoms with van der Waals surface area (Å²) in [7, 11) is 0. The molecule has 0 fully saturated rings. The number of hydrogen-bond donors (Lipinski definition) is 0. The minimum absolute atomic E-state index is 0.0862. The van der Waals surface area contributed by atoms with Crippen molar-refractivity contribution < 1.29 is 18.3 Å². The Balaban J connectivity index is 3.31. The number of esters is 1. The van der Waals surface area contributed by atoms with Crippen LogP contribution >= 0.6 is 45.2 Å². The van der Waals surface area contributed by atoms with Gasteiger partial charge < -0.3 is 4.74 Å². The van der Waals surface area contributed by atoms with Gasteiger partial charge in [0.25, 0.3) is 6.43 Å². The fourth-order valence-corrected chi connectivity index (χ4v) is 2.13. The third-order valence-corrected chi connectivity index (χ3v) is 4.62. The van der Waals surface area contributed by atoms with E-state index < -0.39 is 12.4 Å². The average molecular weight is 453 g/mol. The summed E-state index contributed by atoms with van der Waals surface area (Å²) in [6, 6.07) is 0. The zero-order valence-electron chi connectivity index (χ0n) is 8.14. The van der Waals surface area contributed by atoms with Crippen LogP contribution in [0.15, 0.2) is 6.20 Å². The number of ether oxygens (including phenoxy) is 1. The maximum absolute atomic E-state index is 12.7. The normalized spacial score (nSPS) is 10.6. The Labute approximate surface area is 118 Å². The molecule has 0 aliphatic carbocycles. The van der Waals surface area contributed by atoms with Gasteiger partial charge in [0, 0.05) is 6.20 Å². The molecule has 0 spiro atoms. The molecule has 88 valence electrons. The van der Waals surface area contributed by atoms with E-state index in [4.69, 9.17) is 4.74 Å². The van der Waals surface area contributed by atoms with E-state index in [2.05, 4.69) is 4.98 Å². The van der Waals surface area contributed by atoms with Crippen LogP contribution in [0.1, 0.15) is 29.3 Å². The van der Waals surface area contributed by atoms with Gasteiger partial charge in [0.15, 0.2) is 0 Å². The molecule has 16 heavy (non-hydrogen) atoms. The maximum atomic E-state index is 12.7. The van der Waals surface area contributed by atoms with E-state index in [0.29, 0.717) is 7.27 Å². The summed E-state index contributed by atoms with van der Waals surface area (Å²) in [4.78, 5) is 15.3. The molecular formula is C9H7F2I2NO2. The Hall–Kier alpha value is -0.0600. The van der Waals surface area contributed by atoms with Gasteiger partial charge in [0.2, 0.25) is 0 Å². The molecule has 0 aliphatic rings. The molecule has 7 heteroatoms. The Kier molecular flexibility index (Phi) is 5.28. The minimum atomic E-state index is -2.74. The van der Waals surface area contributed by atoms with Gasteiger partial charge in [0.1, 0.15) is 3.70 Å². The zero-order valence-corrected chi connectivity index (χ0v) is 12.5. The first-order chi connectivity index (χ1) is 7.49. The van der Waals surface area contributed by atoms with Crippen molar-refractivity contribution in [2.75, 3.05) is 6.61 Å². The zero-order chi connectivity index (χ0) is 12.3. The molecule has 0 bridgehead atoms. The number of halogens is 4. The summed E-state index contributed by atoms with van der Waals surface area (Å²) in [6.45, 7) is 1.77. The number of aromatic nitrogens is 1. The fourth-order valence-electron chi connectivity index (χ4n) is 1.05. The van der Waals surface area contributed by atoms with E-state index in [-0.39, 0.29) is 17.7 Å². The highest BCUT2D eigenvalue weighted by Crippen LogP contribution is 2.28. The molecular weight excluding hydrogens is 446 g/mol. The SMILES string of the molecule is CCOC(=O)c1c(C(F)F)cnc(I)c1I. The second-order valence-corrected chi connectivity index (χ2v) is 4.82. The van der Waals surface area contributed by atoms with Gasteiger partial charge >= 0.3 is 5.97 Å². The standard InChI is InChI=1S/C9H7F2I2NO2/c1-2-16-9(15)5-4(7(10)11)3-14-8(13)6(5)12/h3,7H,2H2,1H3. The lowest BCUT2D eigenvalue weighted by Crippen LogP contribution is -2.12. The quantitative estimate of drug-likeness (QED) is 0.401. The van der Waals surface area contributed by atoms with Crippen molar-refractivity contribution in [3.05, 3.63) is 24.6 Å². The van der Waals surface area contributed by atoms with Crippen molar-refractivity contribution in [1.82, 2.24) is 4.98 Å². The highest BCUT2D eigenvalue weighted by molar-refractivity contribution is 14.1. The number of carbonyl (C=O) groups excluding carboxylic acids is 1. The number of carbonyl (C=O) groups is 1. The molecule has 0 aromatic carbocycles. The predicted molar refractivity (Wildman–Crippen MR) is 70.6 cm³/mol. The Bertz CT molecular complexity index is 413. The van der Waals surface area contributed by atoms with E-state index >= 15 is 0 Å². The topological polar surface area (TPSA) is 39.2 Å². The molecule has 0 N–H and O–H groups in total. The van der Waals surface area contributed by atoms with Gasteiger partial charge in [-0.15, -0.1) is 0 Å². The third-order valence-electron chi connectivity index (χ3n) is 1.72. The summed E-state index contributed by atoms with van der Waals surface area (Å²) in [5.74, 6) is -0.734. The van der Waals surface area contributed by atoms with E-state index in [1.807, 2.05) is 45.2 Å². The summed E-state index contributed by atoms with van der Waals surface area (Å²) < 4.78 is 31.0. The average Bonchev–Trinajstić information content (AvgIpc) is 2.21. The number of alkyl halides is 2. The summed E-state index contributed by atoms with van der Waals surface area (Å²) in [5, 5.41) is 0. The van der Waals surface area contributed by atoms with Crippen molar-refractivity contribution >= 4 is 51.2 Å². The highest BCUT2D eigenvalue weighted by Gasteiger charge is 2.24. The molecule has 1 aromatic heterocycles. The molecule has 1 aromatic rings. The number of rotatable bonds is 3. The van der Waals surface area contributed by atoms with Crippen LogP contribution in [0, 0.1) is 7.27 Å². The van der Waals surface area contributed by atoms with Crippen molar-refractivity contribution in [1.29, 1.82) is 0 Å². The molecule has 0 unspecified atom stereocenters. The summed E-state index contributed by atoms with van der Waals surface area (Å²) in [6.07, 6.45) is -1.72. The van der Waals surface area contributed by atoms with Gasteiger partial charge in [-0.2, -0.15) is 0 Å². The van der Waals surface area contributed by atoms with Crippen molar-refractivity contribution in [3.63, 3.8) is 0 Å². The second-order valence-electron chi connectivity index (χ2n) is 2.71. The number of hydrogen-bond acceptors (Lipinski definition) is 3. The van der Waals surface area contributed by atoms with Crippen LogP contribution in [0.4, 0.5) is 8.78 Å². The van der Waals surface area contributed by atoms with Crippen LogP contribution in [0.2, 0.25) is 0 Å². The number of pyridine rings is 1. The van der Waals surface area contributed by atoms with Gasteiger partial charge in [0.05, 0.1) is 21.3 Å². The first-order valence-corrected chi connectivity index (χ1v) is 6.44. The molecule has 3 nitrogen and oxygen atoms in total. The van der Waals surface area contributed by atoms with Crippen molar-refractivity contribution in [2.45, 2.75) is 13.3 Å². The van der Waals surface area contributed by atoms with Crippen LogP contribution in [-0.4, -0.2) is 17.6 Å². The largest absolute Gasteiger partial charge is 0.462 e. The Morgan fingerprint density at radius 1 is 1.56 bits per heavy atom. The van der Waals surface area contributed by atoms with Gasteiger partial charge in [-0.05, 0) is 52.1 Å². The van der Waals surface area contributed by atoms with Crippen LogP contribution in [0.3, 0.4) is 0 Å². The Morgan fingerprint density at radius 3 is 2.69 bits per heavy atom. The van der Waals surface area contributed by atoms with E-state index in [1.165, 1.54) is 0 Å². The molecule has 0 atom stereocenters. The van der Waals surface area contributed by atoms with Crippen molar-refractivity contribution in [3.8, 4) is 0 Å². The van der Waals surface area contributed by atoms with Gasteiger partial charge in [-0.25, -0.2) is 18.6 Å². The van der Waals surface area contributed by atoms with E-state index in [9.17, 15) is 13.6 Å². The molecule has 0 saturated carbocycles. The second kappa shape index (κ2) is 6.03. The van der Waals surface area contributed by atoms with Crippen molar-refractivity contribution in [2.24, 2.45) is 0 Å². The molecule has 1 heterocycles. The highest BCUT2D eigenvalue weighted by atomic mass is 127. The Morgan fingerprint density at radius 2 is 2.19 bits per heavy atom. The number of nitrogens with zero attached hydrogens (tertiary/aromatic N) is 1. The third kappa shape index (κ3) is 2.99. The lowest BCUT2D eigenvalue weighted by atomic mass is 10.1. The summed E-state index contributed by atoms with van der Waals surface area (Å²) in [5.41, 5.74) is -0.472. The fraction of sp³-hybridized carbons (Fsp3) is 0.333. The van der Waals surface area contributed by atoms with Crippen LogP contribution in [0.5, 0.6) is 0 Å². The molecule has 1 rings (SSSR count). The van der Waals surface area contributed by atoms with Gasteiger partial charge in [-0.3, -0.25) is 0 Å².